The van der Waals surface area contributed by atoms with Gasteiger partial charge in [-0.3, -0.25) is 9.59 Å². The molecule has 0 bridgehead atoms. The molecule has 0 atom stereocenters. The molecule has 76 valence electrons. The van der Waals surface area contributed by atoms with Crippen molar-refractivity contribution in [3.63, 3.8) is 0 Å². The number of nitrogens with one attached hydrogen (secondary N) is 1. The highest BCUT2D eigenvalue weighted by Gasteiger charge is 2.05. The summed E-state index contributed by atoms with van der Waals surface area (Å²) in [6, 6.07) is 3.84. The molecular formula is C10H5ClFNO2. The molecule has 1 aromatic heterocycles. The van der Waals surface area contributed by atoms with Crippen molar-refractivity contribution in [2.75, 3.05) is 0 Å². The number of aromatic amines is 1. The molecule has 0 aliphatic carbocycles. The highest BCUT2D eigenvalue weighted by atomic mass is 35.5. The third-order valence-electron chi connectivity index (χ3n) is 2.04. The molecule has 0 aliphatic rings. The van der Waals surface area contributed by atoms with Crippen LogP contribution < -0.4 is 5.56 Å². The average Bonchev–Trinajstić information content (AvgIpc) is 2.20. The third-order valence-corrected chi connectivity index (χ3v) is 2.33. The number of rotatable bonds is 1. The van der Waals surface area contributed by atoms with Crippen LogP contribution in [0.3, 0.4) is 0 Å². The van der Waals surface area contributed by atoms with Crippen LogP contribution in [0.2, 0.25) is 5.02 Å². The van der Waals surface area contributed by atoms with Crippen LogP contribution in [0.5, 0.6) is 0 Å². The molecule has 0 spiro atoms. The maximum absolute atomic E-state index is 13.0. The number of pyridine rings is 1. The van der Waals surface area contributed by atoms with Gasteiger partial charge in [0.05, 0.1) is 16.1 Å². The van der Waals surface area contributed by atoms with Gasteiger partial charge in [-0.15, -0.1) is 0 Å². The largest absolute Gasteiger partial charge is 0.321 e. The molecular weight excluding hydrogens is 221 g/mol. The minimum absolute atomic E-state index is 0.00910. The quantitative estimate of drug-likeness (QED) is 0.756. The van der Waals surface area contributed by atoms with Gasteiger partial charge < -0.3 is 4.98 Å². The lowest BCUT2D eigenvalue weighted by Crippen LogP contribution is -2.11. The van der Waals surface area contributed by atoms with Crippen molar-refractivity contribution in [1.29, 1.82) is 0 Å². The number of H-pyrrole nitrogens is 1. The van der Waals surface area contributed by atoms with Gasteiger partial charge in [0.2, 0.25) is 0 Å². The SMILES string of the molecule is O=Cc1cc2cc(Cl)c(F)cc2[nH]c1=O. The summed E-state index contributed by atoms with van der Waals surface area (Å²) in [4.78, 5) is 24.1. The fraction of sp³-hybridized carbons (Fsp3) is 0. The Kier molecular flexibility index (Phi) is 2.28. The second-order valence-electron chi connectivity index (χ2n) is 3.03. The van der Waals surface area contributed by atoms with E-state index in [2.05, 4.69) is 4.98 Å². The Morgan fingerprint density at radius 1 is 1.33 bits per heavy atom. The summed E-state index contributed by atoms with van der Waals surface area (Å²) in [5, 5.41) is 0.467. The van der Waals surface area contributed by atoms with Crippen LogP contribution in [0.25, 0.3) is 10.9 Å². The van der Waals surface area contributed by atoms with E-state index in [-0.39, 0.29) is 10.6 Å². The Morgan fingerprint density at radius 2 is 2.07 bits per heavy atom. The number of benzene rings is 1. The number of hydrogen-bond donors (Lipinski definition) is 1. The maximum atomic E-state index is 13.0. The van der Waals surface area contributed by atoms with E-state index in [0.29, 0.717) is 17.2 Å². The van der Waals surface area contributed by atoms with E-state index in [1.165, 1.54) is 12.1 Å². The normalized spacial score (nSPS) is 10.5. The maximum Gasteiger partial charge on any atom is 0.259 e. The number of fused-ring (bicyclic) bond motifs is 1. The minimum atomic E-state index is -0.612. The van der Waals surface area contributed by atoms with Gasteiger partial charge in [-0.25, -0.2) is 4.39 Å². The fourth-order valence-corrected chi connectivity index (χ4v) is 1.48. The molecule has 0 saturated heterocycles. The van der Waals surface area contributed by atoms with Crippen molar-refractivity contribution < 1.29 is 9.18 Å². The van der Waals surface area contributed by atoms with Crippen LogP contribution in [-0.4, -0.2) is 11.3 Å². The van der Waals surface area contributed by atoms with Crippen molar-refractivity contribution in [3.8, 4) is 0 Å². The van der Waals surface area contributed by atoms with Gasteiger partial charge in [0.1, 0.15) is 5.82 Å². The van der Waals surface area contributed by atoms with Crippen molar-refractivity contribution >= 4 is 28.8 Å². The zero-order chi connectivity index (χ0) is 11.0. The molecule has 0 saturated carbocycles. The average molecular weight is 226 g/mol. The smallest absolute Gasteiger partial charge is 0.259 e. The molecule has 0 amide bonds. The molecule has 15 heavy (non-hydrogen) atoms. The Labute approximate surface area is 88.5 Å². The summed E-state index contributed by atoms with van der Waals surface area (Å²) in [6.45, 7) is 0. The first-order valence-corrected chi connectivity index (χ1v) is 4.47. The molecule has 2 rings (SSSR count). The van der Waals surface area contributed by atoms with Gasteiger partial charge in [0.25, 0.3) is 5.56 Å². The molecule has 1 heterocycles. The Balaban J connectivity index is 2.88. The summed E-state index contributed by atoms with van der Waals surface area (Å²) < 4.78 is 13.0. The van der Waals surface area contributed by atoms with Gasteiger partial charge in [-0.1, -0.05) is 11.6 Å². The van der Waals surface area contributed by atoms with Crippen LogP contribution in [0.15, 0.2) is 23.0 Å². The summed E-state index contributed by atoms with van der Waals surface area (Å²) in [6.07, 6.45) is 0.440. The van der Waals surface area contributed by atoms with E-state index in [1.54, 1.807) is 0 Å². The molecule has 2 aromatic rings. The Bertz CT molecular complexity index is 606. The first kappa shape index (κ1) is 9.86. The fourth-order valence-electron chi connectivity index (χ4n) is 1.30. The molecule has 0 aliphatic heterocycles. The lowest BCUT2D eigenvalue weighted by atomic mass is 10.1. The number of halogens is 2. The Morgan fingerprint density at radius 3 is 2.73 bits per heavy atom. The van der Waals surface area contributed by atoms with Gasteiger partial charge in [-0.2, -0.15) is 0 Å². The first-order chi connectivity index (χ1) is 7.11. The van der Waals surface area contributed by atoms with Crippen LogP contribution in [0.4, 0.5) is 4.39 Å². The van der Waals surface area contributed by atoms with E-state index < -0.39 is 11.4 Å². The molecule has 0 fully saturated rings. The van der Waals surface area contributed by atoms with Crippen molar-refractivity contribution in [1.82, 2.24) is 4.98 Å². The van der Waals surface area contributed by atoms with Crippen LogP contribution in [0, 0.1) is 5.82 Å². The Hall–Kier alpha value is -1.68. The van der Waals surface area contributed by atoms with Gasteiger partial charge in [0, 0.05) is 5.39 Å². The summed E-state index contributed by atoms with van der Waals surface area (Å²) in [7, 11) is 0. The predicted molar refractivity (Wildman–Crippen MR) is 54.9 cm³/mol. The number of hydrogen-bond acceptors (Lipinski definition) is 2. The number of carbonyl (C=O) groups is 1. The van der Waals surface area contributed by atoms with Crippen molar-refractivity contribution in [2.45, 2.75) is 0 Å². The van der Waals surface area contributed by atoms with Crippen LogP contribution in [0.1, 0.15) is 10.4 Å². The summed E-state index contributed by atoms with van der Waals surface area (Å²) in [5.41, 5.74) is -0.239. The minimum Gasteiger partial charge on any atom is -0.321 e. The monoisotopic (exact) mass is 225 g/mol. The number of aromatic nitrogens is 1. The lowest BCUT2D eigenvalue weighted by Gasteiger charge is -2.00. The molecule has 0 radical (unpaired) electrons. The predicted octanol–water partition coefficient (Wildman–Crippen LogP) is 2.13. The van der Waals surface area contributed by atoms with Gasteiger partial charge >= 0.3 is 0 Å². The highest BCUT2D eigenvalue weighted by molar-refractivity contribution is 6.31. The molecule has 5 heteroatoms. The molecule has 1 aromatic carbocycles. The lowest BCUT2D eigenvalue weighted by molar-refractivity contribution is 0.112. The highest BCUT2D eigenvalue weighted by Crippen LogP contribution is 2.20. The zero-order valence-electron chi connectivity index (χ0n) is 7.38. The van der Waals surface area contributed by atoms with Crippen LogP contribution >= 0.6 is 11.6 Å². The number of carbonyl (C=O) groups excluding carboxylic acids is 1. The molecule has 3 nitrogen and oxygen atoms in total. The second-order valence-corrected chi connectivity index (χ2v) is 3.43. The van der Waals surface area contributed by atoms with E-state index in [9.17, 15) is 14.0 Å². The van der Waals surface area contributed by atoms with Crippen molar-refractivity contribution in [3.05, 3.63) is 45.0 Å². The van der Waals surface area contributed by atoms with E-state index >= 15 is 0 Å². The standard InChI is InChI=1S/C10H5ClFNO2/c11-7-2-5-1-6(4-14)10(15)13-9(5)3-8(7)12/h1-4H,(H,13,15). The second kappa shape index (κ2) is 3.47. The van der Waals surface area contributed by atoms with E-state index in [0.717, 1.165) is 6.07 Å². The van der Waals surface area contributed by atoms with Gasteiger partial charge in [0.15, 0.2) is 6.29 Å². The van der Waals surface area contributed by atoms with Gasteiger partial charge in [-0.05, 0) is 18.2 Å². The zero-order valence-corrected chi connectivity index (χ0v) is 8.14. The summed E-state index contributed by atoms with van der Waals surface area (Å²) >= 11 is 5.57. The first-order valence-electron chi connectivity index (χ1n) is 4.09. The summed E-state index contributed by atoms with van der Waals surface area (Å²) in [5.74, 6) is -0.612. The van der Waals surface area contributed by atoms with Crippen LogP contribution in [-0.2, 0) is 0 Å². The van der Waals surface area contributed by atoms with E-state index in [1.807, 2.05) is 0 Å². The third kappa shape index (κ3) is 1.64. The molecule has 0 unspecified atom stereocenters. The topological polar surface area (TPSA) is 49.9 Å². The van der Waals surface area contributed by atoms with Crippen molar-refractivity contribution in [2.24, 2.45) is 0 Å². The molecule has 1 N–H and O–H groups in total. The number of aldehydes is 1. The van der Waals surface area contributed by atoms with E-state index in [4.69, 9.17) is 11.6 Å².